The number of thiocarbonyl (C=S) groups is 1. The molecule has 1 aliphatic heterocycles. The van der Waals surface area contributed by atoms with Gasteiger partial charge < -0.3 is 24.5 Å². The Labute approximate surface area is 220 Å². The number of nitrogens with zero attached hydrogens (tertiary/aromatic N) is 3. The van der Waals surface area contributed by atoms with Gasteiger partial charge in [0.05, 0.1) is 35.3 Å². The van der Waals surface area contributed by atoms with Crippen molar-refractivity contribution in [2.45, 2.75) is 32.5 Å². The number of hydrogen-bond donors (Lipinski definition) is 2. The standard InChI is InChI=1S/C27H26ClN5O2S/c1-17(2)26(34)30-21-11-10-18(15-20(21)28)33-25(24(31-27(33)36)22-8-3-4-12-29-22)23-9-5-13-32(23)16-19-7-6-14-35-19/h3-15,17,24-25H,16H2,1-2H3,(H,30,34)(H,31,36)/t24-,25-/m1/s1. The van der Waals surface area contributed by atoms with Crippen molar-refractivity contribution in [1.29, 1.82) is 0 Å². The number of carbonyl (C=O) groups excluding carboxylic acids is 1. The SMILES string of the molecule is CC(C)C(=O)Nc1ccc(N2C(=S)N[C@H](c3ccccn3)[C@H]2c2cccn2Cc2ccco2)cc1Cl. The Morgan fingerprint density at radius 1 is 1.19 bits per heavy atom. The third-order valence-corrected chi connectivity index (χ3v) is 6.81. The summed E-state index contributed by atoms with van der Waals surface area (Å²) in [6, 6.07) is 19.0. The number of rotatable bonds is 7. The Morgan fingerprint density at radius 3 is 2.75 bits per heavy atom. The van der Waals surface area contributed by atoms with Crippen LogP contribution < -0.4 is 15.5 Å². The van der Waals surface area contributed by atoms with E-state index in [9.17, 15) is 4.79 Å². The summed E-state index contributed by atoms with van der Waals surface area (Å²) in [5.74, 6) is 0.614. The monoisotopic (exact) mass is 519 g/mol. The van der Waals surface area contributed by atoms with Gasteiger partial charge in [0.2, 0.25) is 5.91 Å². The molecule has 2 atom stereocenters. The summed E-state index contributed by atoms with van der Waals surface area (Å²) in [5, 5.41) is 7.36. The van der Waals surface area contributed by atoms with Gasteiger partial charge in [-0.25, -0.2) is 0 Å². The van der Waals surface area contributed by atoms with Crippen molar-refractivity contribution in [1.82, 2.24) is 14.9 Å². The summed E-state index contributed by atoms with van der Waals surface area (Å²) in [7, 11) is 0. The zero-order chi connectivity index (χ0) is 25.2. The molecule has 36 heavy (non-hydrogen) atoms. The van der Waals surface area contributed by atoms with Gasteiger partial charge in [0, 0.05) is 29.7 Å². The molecule has 0 aliphatic carbocycles. The fourth-order valence-electron chi connectivity index (χ4n) is 4.38. The van der Waals surface area contributed by atoms with E-state index in [0.29, 0.717) is 22.4 Å². The van der Waals surface area contributed by atoms with Crippen LogP contribution in [0.15, 0.2) is 83.7 Å². The lowest BCUT2D eigenvalue weighted by molar-refractivity contribution is -0.118. The van der Waals surface area contributed by atoms with Crippen molar-refractivity contribution in [2.24, 2.45) is 5.92 Å². The molecule has 184 valence electrons. The molecule has 7 nitrogen and oxygen atoms in total. The molecular formula is C27H26ClN5O2S. The van der Waals surface area contributed by atoms with E-state index in [1.165, 1.54) is 0 Å². The highest BCUT2D eigenvalue weighted by atomic mass is 35.5. The molecule has 0 radical (unpaired) electrons. The van der Waals surface area contributed by atoms with Gasteiger partial charge >= 0.3 is 0 Å². The number of pyridine rings is 1. The molecule has 0 unspecified atom stereocenters. The second kappa shape index (κ2) is 10.2. The third-order valence-electron chi connectivity index (χ3n) is 6.19. The Hall–Kier alpha value is -3.62. The van der Waals surface area contributed by atoms with Crippen molar-refractivity contribution >= 4 is 46.2 Å². The predicted molar refractivity (Wildman–Crippen MR) is 145 cm³/mol. The molecule has 9 heteroatoms. The number of anilines is 2. The number of nitrogens with one attached hydrogen (secondary N) is 2. The second-order valence-corrected chi connectivity index (χ2v) is 9.74. The van der Waals surface area contributed by atoms with Crippen LogP contribution in [-0.4, -0.2) is 20.6 Å². The van der Waals surface area contributed by atoms with E-state index < -0.39 is 0 Å². The molecule has 4 aromatic rings. The van der Waals surface area contributed by atoms with Crippen molar-refractivity contribution in [2.75, 3.05) is 10.2 Å². The van der Waals surface area contributed by atoms with E-state index in [1.807, 2.05) is 74.6 Å². The smallest absolute Gasteiger partial charge is 0.226 e. The predicted octanol–water partition coefficient (Wildman–Crippen LogP) is 5.95. The maximum absolute atomic E-state index is 12.2. The minimum absolute atomic E-state index is 0.0909. The first-order valence-electron chi connectivity index (χ1n) is 11.7. The number of hydrogen-bond acceptors (Lipinski definition) is 4. The second-order valence-electron chi connectivity index (χ2n) is 8.95. The van der Waals surface area contributed by atoms with E-state index >= 15 is 0 Å². The van der Waals surface area contributed by atoms with Crippen LogP contribution in [0.5, 0.6) is 0 Å². The average Bonchev–Trinajstić information content (AvgIpc) is 3.61. The van der Waals surface area contributed by atoms with Crippen LogP contribution >= 0.6 is 23.8 Å². The molecule has 0 spiro atoms. The molecule has 1 aromatic carbocycles. The largest absolute Gasteiger partial charge is 0.467 e. The summed E-state index contributed by atoms with van der Waals surface area (Å²) in [6.45, 7) is 4.26. The lowest BCUT2D eigenvalue weighted by Crippen LogP contribution is -2.30. The molecule has 2 N–H and O–H groups in total. The van der Waals surface area contributed by atoms with Gasteiger partial charge in [0.1, 0.15) is 11.8 Å². The first-order chi connectivity index (χ1) is 17.4. The molecule has 5 rings (SSSR count). The zero-order valence-corrected chi connectivity index (χ0v) is 21.5. The fourth-order valence-corrected chi connectivity index (χ4v) is 4.94. The van der Waals surface area contributed by atoms with Crippen molar-refractivity contribution in [3.05, 3.63) is 101 Å². The van der Waals surface area contributed by atoms with Crippen molar-refractivity contribution < 1.29 is 9.21 Å². The normalized spacial score (nSPS) is 17.4. The maximum atomic E-state index is 12.2. The van der Waals surface area contributed by atoms with Gasteiger partial charge in [-0.2, -0.15) is 0 Å². The van der Waals surface area contributed by atoms with Gasteiger partial charge in [-0.15, -0.1) is 0 Å². The van der Waals surface area contributed by atoms with E-state index in [0.717, 1.165) is 22.8 Å². The number of amides is 1. The maximum Gasteiger partial charge on any atom is 0.226 e. The van der Waals surface area contributed by atoms with Gasteiger partial charge in [-0.05, 0) is 66.8 Å². The molecule has 1 amide bonds. The number of benzene rings is 1. The van der Waals surface area contributed by atoms with E-state index in [2.05, 4.69) is 31.2 Å². The first kappa shape index (κ1) is 24.1. The van der Waals surface area contributed by atoms with Crippen LogP contribution in [0.4, 0.5) is 11.4 Å². The van der Waals surface area contributed by atoms with Gasteiger partial charge in [-0.1, -0.05) is 31.5 Å². The Balaban J connectivity index is 1.55. The Kier molecular flexibility index (Phi) is 6.80. The molecule has 0 bridgehead atoms. The van der Waals surface area contributed by atoms with E-state index in [1.54, 1.807) is 12.5 Å². The lowest BCUT2D eigenvalue weighted by Gasteiger charge is -2.29. The fraction of sp³-hybridized carbons (Fsp3) is 0.222. The van der Waals surface area contributed by atoms with Crippen LogP contribution in [0.25, 0.3) is 0 Å². The number of aromatic nitrogens is 2. The molecule has 3 aromatic heterocycles. The molecular weight excluding hydrogens is 494 g/mol. The van der Waals surface area contributed by atoms with Crippen LogP contribution in [0.1, 0.15) is 43.1 Å². The van der Waals surface area contributed by atoms with E-state index in [4.69, 9.17) is 28.2 Å². The summed E-state index contributed by atoms with van der Waals surface area (Å²) in [4.78, 5) is 18.9. The minimum atomic E-state index is -0.204. The van der Waals surface area contributed by atoms with Crippen LogP contribution in [-0.2, 0) is 11.3 Å². The summed E-state index contributed by atoms with van der Waals surface area (Å²) in [5.41, 5.74) is 3.30. The van der Waals surface area contributed by atoms with Crippen molar-refractivity contribution in [3.63, 3.8) is 0 Å². The summed E-state index contributed by atoms with van der Waals surface area (Å²) < 4.78 is 7.76. The summed E-state index contributed by atoms with van der Waals surface area (Å²) >= 11 is 12.5. The highest BCUT2D eigenvalue weighted by Crippen LogP contribution is 2.43. The Bertz CT molecular complexity index is 1370. The topological polar surface area (TPSA) is 75.3 Å². The highest BCUT2D eigenvalue weighted by Gasteiger charge is 2.42. The van der Waals surface area contributed by atoms with Gasteiger partial charge in [0.15, 0.2) is 5.11 Å². The first-order valence-corrected chi connectivity index (χ1v) is 12.5. The van der Waals surface area contributed by atoms with Gasteiger partial charge in [-0.3, -0.25) is 9.78 Å². The zero-order valence-electron chi connectivity index (χ0n) is 19.9. The molecule has 0 saturated carbocycles. The quantitative estimate of drug-likeness (QED) is 0.294. The molecule has 4 heterocycles. The lowest BCUT2D eigenvalue weighted by atomic mass is 10.0. The third kappa shape index (κ3) is 4.74. The summed E-state index contributed by atoms with van der Waals surface area (Å²) in [6.07, 6.45) is 5.49. The minimum Gasteiger partial charge on any atom is -0.467 e. The van der Waals surface area contributed by atoms with Crippen LogP contribution in [0.2, 0.25) is 5.02 Å². The number of halogens is 1. The highest BCUT2D eigenvalue weighted by molar-refractivity contribution is 7.80. The Morgan fingerprint density at radius 2 is 2.06 bits per heavy atom. The van der Waals surface area contributed by atoms with Crippen LogP contribution in [0, 0.1) is 5.92 Å². The number of carbonyl (C=O) groups is 1. The number of furan rings is 1. The van der Waals surface area contributed by atoms with Crippen LogP contribution in [0.3, 0.4) is 0 Å². The van der Waals surface area contributed by atoms with E-state index in [-0.39, 0.29) is 23.9 Å². The van der Waals surface area contributed by atoms with Gasteiger partial charge in [0.25, 0.3) is 0 Å². The molecule has 1 aliphatic rings. The van der Waals surface area contributed by atoms with Crippen molar-refractivity contribution in [3.8, 4) is 0 Å². The molecule has 1 fully saturated rings. The average molecular weight is 520 g/mol. The molecule has 1 saturated heterocycles.